The number of pyridine rings is 1. The molecule has 6 nitrogen and oxygen atoms in total. The Kier molecular flexibility index (Phi) is 3.53. The molecule has 2 heterocycles. The average molecular weight is 295 g/mol. The SMILES string of the molecule is N#CSc1ccc(NC(=O)c2n[nH]c3ccncc23)cc1. The molecule has 0 aliphatic carbocycles. The van der Waals surface area contributed by atoms with Crippen molar-refractivity contribution in [3.05, 3.63) is 48.4 Å². The van der Waals surface area contributed by atoms with Crippen LogP contribution in [-0.4, -0.2) is 21.1 Å². The van der Waals surface area contributed by atoms with Crippen molar-refractivity contribution in [1.29, 1.82) is 5.26 Å². The smallest absolute Gasteiger partial charge is 0.276 e. The van der Waals surface area contributed by atoms with Crippen LogP contribution in [-0.2, 0) is 0 Å². The van der Waals surface area contributed by atoms with E-state index in [0.717, 1.165) is 22.2 Å². The first-order valence-corrected chi connectivity index (χ1v) is 6.85. The second kappa shape index (κ2) is 5.64. The number of fused-ring (bicyclic) bond motifs is 1. The van der Waals surface area contributed by atoms with Crippen LogP contribution in [0.4, 0.5) is 5.69 Å². The number of benzene rings is 1. The Labute approximate surface area is 124 Å². The summed E-state index contributed by atoms with van der Waals surface area (Å²) in [6.45, 7) is 0. The average Bonchev–Trinajstić information content (AvgIpc) is 2.93. The number of carbonyl (C=O) groups is 1. The minimum atomic E-state index is -0.310. The van der Waals surface area contributed by atoms with Crippen molar-refractivity contribution in [1.82, 2.24) is 15.2 Å². The first kappa shape index (κ1) is 13.1. The van der Waals surface area contributed by atoms with Gasteiger partial charge in [0, 0.05) is 23.0 Å². The molecule has 102 valence electrons. The molecule has 0 radical (unpaired) electrons. The number of anilines is 1. The Bertz CT molecular complexity index is 834. The van der Waals surface area contributed by atoms with E-state index in [0.29, 0.717) is 16.8 Å². The van der Waals surface area contributed by atoms with E-state index in [4.69, 9.17) is 5.26 Å². The molecule has 3 aromatic rings. The van der Waals surface area contributed by atoms with Crippen molar-refractivity contribution < 1.29 is 4.79 Å². The number of carbonyl (C=O) groups excluding carboxylic acids is 1. The van der Waals surface area contributed by atoms with E-state index in [1.165, 1.54) is 0 Å². The van der Waals surface area contributed by atoms with Crippen LogP contribution < -0.4 is 5.32 Å². The molecule has 0 saturated carbocycles. The van der Waals surface area contributed by atoms with Crippen molar-refractivity contribution in [3.63, 3.8) is 0 Å². The van der Waals surface area contributed by atoms with Gasteiger partial charge >= 0.3 is 0 Å². The summed E-state index contributed by atoms with van der Waals surface area (Å²) < 4.78 is 0. The van der Waals surface area contributed by atoms with Crippen LogP contribution in [0.25, 0.3) is 10.9 Å². The molecule has 0 saturated heterocycles. The normalized spacial score (nSPS) is 10.2. The number of hydrogen-bond acceptors (Lipinski definition) is 5. The number of thiocyanates is 1. The van der Waals surface area contributed by atoms with Gasteiger partial charge in [-0.25, -0.2) is 0 Å². The number of aromatic nitrogens is 3. The minimum Gasteiger partial charge on any atom is -0.321 e. The van der Waals surface area contributed by atoms with E-state index in [1.807, 2.05) is 5.40 Å². The summed E-state index contributed by atoms with van der Waals surface area (Å²) in [4.78, 5) is 17.0. The highest BCUT2D eigenvalue weighted by Crippen LogP contribution is 2.20. The molecule has 0 aliphatic rings. The van der Waals surface area contributed by atoms with E-state index >= 15 is 0 Å². The molecular formula is C14H9N5OS. The first-order valence-electron chi connectivity index (χ1n) is 6.03. The second-order valence-corrected chi connectivity index (χ2v) is 5.02. The second-order valence-electron chi connectivity index (χ2n) is 4.17. The maximum Gasteiger partial charge on any atom is 0.276 e. The van der Waals surface area contributed by atoms with E-state index < -0.39 is 0 Å². The Morgan fingerprint density at radius 2 is 2.10 bits per heavy atom. The van der Waals surface area contributed by atoms with Crippen molar-refractivity contribution in [3.8, 4) is 5.40 Å². The summed E-state index contributed by atoms with van der Waals surface area (Å²) in [6, 6.07) is 8.78. The van der Waals surface area contributed by atoms with Gasteiger partial charge in [-0.1, -0.05) is 0 Å². The number of rotatable bonds is 3. The lowest BCUT2D eigenvalue weighted by Crippen LogP contribution is -2.12. The third-order valence-corrected chi connectivity index (χ3v) is 3.45. The van der Waals surface area contributed by atoms with Crippen molar-refractivity contribution in [2.45, 2.75) is 4.90 Å². The highest BCUT2D eigenvalue weighted by molar-refractivity contribution is 8.03. The molecule has 0 unspecified atom stereocenters. The van der Waals surface area contributed by atoms with Gasteiger partial charge in [-0.15, -0.1) is 0 Å². The number of hydrogen-bond donors (Lipinski definition) is 2. The summed E-state index contributed by atoms with van der Waals surface area (Å²) in [5, 5.41) is 20.8. The van der Waals surface area contributed by atoms with Gasteiger partial charge < -0.3 is 5.32 Å². The molecular weight excluding hydrogens is 286 g/mol. The lowest BCUT2D eigenvalue weighted by atomic mass is 10.2. The number of nitriles is 1. The lowest BCUT2D eigenvalue weighted by Gasteiger charge is -2.03. The number of nitrogens with one attached hydrogen (secondary N) is 2. The molecule has 0 fully saturated rings. The molecule has 0 spiro atoms. The standard InChI is InChI=1S/C14H9N5OS/c15-8-21-10-3-1-9(2-4-10)17-14(20)13-11-7-16-6-5-12(11)18-19-13/h1-7H,(H,17,20)(H,18,19). The molecule has 0 bridgehead atoms. The van der Waals surface area contributed by atoms with E-state index in [2.05, 4.69) is 20.5 Å². The minimum absolute atomic E-state index is 0.300. The summed E-state index contributed by atoms with van der Waals surface area (Å²) in [6.07, 6.45) is 3.23. The molecule has 0 atom stereocenters. The lowest BCUT2D eigenvalue weighted by molar-refractivity contribution is 0.102. The molecule has 2 aromatic heterocycles. The van der Waals surface area contributed by atoms with Crippen molar-refractivity contribution in [2.24, 2.45) is 0 Å². The highest BCUT2D eigenvalue weighted by Gasteiger charge is 2.14. The number of nitrogens with zero attached hydrogens (tertiary/aromatic N) is 3. The maximum atomic E-state index is 12.2. The molecule has 2 N–H and O–H groups in total. The molecule has 21 heavy (non-hydrogen) atoms. The topological polar surface area (TPSA) is 94.5 Å². The largest absolute Gasteiger partial charge is 0.321 e. The van der Waals surface area contributed by atoms with E-state index in [1.54, 1.807) is 42.7 Å². The van der Waals surface area contributed by atoms with Crippen molar-refractivity contribution >= 4 is 34.3 Å². The number of aromatic amines is 1. The van der Waals surface area contributed by atoms with E-state index in [-0.39, 0.29) is 5.91 Å². The Morgan fingerprint density at radius 3 is 2.86 bits per heavy atom. The van der Waals surface area contributed by atoms with Crippen molar-refractivity contribution in [2.75, 3.05) is 5.32 Å². The zero-order chi connectivity index (χ0) is 14.7. The van der Waals surface area contributed by atoms with Gasteiger partial charge in [-0.2, -0.15) is 10.4 Å². The molecule has 7 heteroatoms. The zero-order valence-corrected chi connectivity index (χ0v) is 11.5. The third-order valence-electron chi connectivity index (χ3n) is 2.86. The Balaban J connectivity index is 1.81. The van der Waals surface area contributed by atoms with Crippen LogP contribution >= 0.6 is 11.8 Å². The Hall–Kier alpha value is -2.85. The fourth-order valence-corrected chi connectivity index (χ4v) is 2.26. The van der Waals surface area contributed by atoms with Gasteiger partial charge in [-0.3, -0.25) is 14.9 Å². The Morgan fingerprint density at radius 1 is 1.29 bits per heavy atom. The van der Waals surface area contributed by atoms with Crippen LogP contribution in [0.5, 0.6) is 0 Å². The molecule has 1 amide bonds. The zero-order valence-electron chi connectivity index (χ0n) is 10.7. The van der Waals surface area contributed by atoms with Crippen LogP contribution in [0.2, 0.25) is 0 Å². The van der Waals surface area contributed by atoms with Gasteiger partial charge in [0.15, 0.2) is 5.69 Å². The summed E-state index contributed by atoms with van der Waals surface area (Å²) in [7, 11) is 0. The maximum absolute atomic E-state index is 12.2. The monoisotopic (exact) mass is 295 g/mol. The summed E-state index contributed by atoms with van der Waals surface area (Å²) in [5.74, 6) is -0.310. The van der Waals surface area contributed by atoms with Gasteiger partial charge in [0.2, 0.25) is 0 Å². The third kappa shape index (κ3) is 2.70. The molecule has 1 aromatic carbocycles. The fourth-order valence-electron chi connectivity index (χ4n) is 1.88. The van der Waals surface area contributed by atoms with Gasteiger partial charge in [0.05, 0.1) is 10.9 Å². The van der Waals surface area contributed by atoms with Gasteiger partial charge in [0.25, 0.3) is 5.91 Å². The quantitative estimate of drug-likeness (QED) is 0.572. The highest BCUT2D eigenvalue weighted by atomic mass is 32.2. The fraction of sp³-hybridized carbons (Fsp3) is 0. The number of amides is 1. The van der Waals surface area contributed by atoms with E-state index in [9.17, 15) is 4.79 Å². The van der Waals surface area contributed by atoms with Crippen LogP contribution in [0.1, 0.15) is 10.5 Å². The van der Waals surface area contributed by atoms with Crippen LogP contribution in [0, 0.1) is 10.7 Å². The molecule has 3 rings (SSSR count). The predicted molar refractivity (Wildman–Crippen MR) is 79.8 cm³/mol. The summed E-state index contributed by atoms with van der Waals surface area (Å²) >= 11 is 1.07. The summed E-state index contributed by atoms with van der Waals surface area (Å²) in [5.41, 5.74) is 1.70. The van der Waals surface area contributed by atoms with Gasteiger partial charge in [-0.05, 0) is 42.1 Å². The predicted octanol–water partition coefficient (Wildman–Crippen LogP) is 2.78. The van der Waals surface area contributed by atoms with Crippen LogP contribution in [0.3, 0.4) is 0 Å². The number of H-pyrrole nitrogens is 1. The first-order chi connectivity index (χ1) is 10.3. The van der Waals surface area contributed by atoms with Gasteiger partial charge in [0.1, 0.15) is 5.40 Å². The number of thioether (sulfide) groups is 1. The van der Waals surface area contributed by atoms with Crippen LogP contribution in [0.15, 0.2) is 47.6 Å². The molecule has 0 aliphatic heterocycles.